The van der Waals surface area contributed by atoms with Gasteiger partial charge in [-0.2, -0.15) is 0 Å². The van der Waals surface area contributed by atoms with Gasteiger partial charge in [-0.3, -0.25) is 0 Å². The van der Waals surface area contributed by atoms with Gasteiger partial charge in [0.25, 0.3) is 0 Å². The Kier molecular flexibility index (Phi) is 3.49. The van der Waals surface area contributed by atoms with Crippen LogP contribution in [0.5, 0.6) is 0 Å². The molecule has 0 saturated heterocycles. The molecule has 0 unspecified atom stereocenters. The number of esters is 1. The van der Waals surface area contributed by atoms with E-state index in [0.717, 1.165) is 19.3 Å². The molecule has 0 atom stereocenters. The van der Waals surface area contributed by atoms with Crippen LogP contribution in [-0.2, 0) is 9.53 Å². The molecular formula is C10H7F3O2. The molecule has 5 heteroatoms. The maximum absolute atomic E-state index is 13.0. The highest BCUT2D eigenvalue weighted by molar-refractivity contribution is 5.86. The van der Waals surface area contributed by atoms with Gasteiger partial charge in [0.1, 0.15) is 17.5 Å². The fourth-order valence-electron chi connectivity index (χ4n) is 0.932. The molecule has 0 N–H and O–H groups in total. The van der Waals surface area contributed by atoms with Crippen LogP contribution < -0.4 is 0 Å². The van der Waals surface area contributed by atoms with E-state index in [9.17, 15) is 18.0 Å². The molecule has 0 aliphatic carbocycles. The van der Waals surface area contributed by atoms with E-state index >= 15 is 0 Å². The monoisotopic (exact) mass is 216 g/mol. The fourth-order valence-corrected chi connectivity index (χ4v) is 0.932. The lowest BCUT2D eigenvalue weighted by Crippen LogP contribution is -1.96. The Labute approximate surface area is 84.0 Å². The predicted octanol–water partition coefficient (Wildman–Crippen LogP) is 2.29. The molecule has 0 fully saturated rings. The Morgan fingerprint density at radius 3 is 2.27 bits per heavy atom. The van der Waals surface area contributed by atoms with Gasteiger partial charge in [0.05, 0.1) is 7.11 Å². The second kappa shape index (κ2) is 4.63. The molecule has 15 heavy (non-hydrogen) atoms. The van der Waals surface area contributed by atoms with Crippen molar-refractivity contribution >= 4 is 12.0 Å². The third-order valence-corrected chi connectivity index (χ3v) is 1.63. The maximum Gasteiger partial charge on any atom is 0.330 e. The largest absolute Gasteiger partial charge is 0.466 e. The average Bonchev–Trinajstić information content (AvgIpc) is 2.15. The second-order valence-corrected chi connectivity index (χ2v) is 2.64. The second-order valence-electron chi connectivity index (χ2n) is 2.64. The molecule has 0 radical (unpaired) electrons. The lowest BCUT2D eigenvalue weighted by atomic mass is 10.2. The highest BCUT2D eigenvalue weighted by atomic mass is 19.1. The number of benzene rings is 1. The summed E-state index contributed by atoms with van der Waals surface area (Å²) in [6, 6.07) is 1.06. The third kappa shape index (κ3) is 2.83. The fraction of sp³-hybridized carbons (Fsp3) is 0.100. The van der Waals surface area contributed by atoms with Gasteiger partial charge in [-0.05, 0) is 6.08 Å². The van der Waals surface area contributed by atoms with Gasteiger partial charge in [-0.25, -0.2) is 18.0 Å². The summed E-state index contributed by atoms with van der Waals surface area (Å²) in [4.78, 5) is 10.6. The van der Waals surface area contributed by atoms with Gasteiger partial charge in [0, 0.05) is 23.8 Å². The molecule has 0 amide bonds. The van der Waals surface area contributed by atoms with E-state index in [1.54, 1.807) is 0 Å². The molecule has 0 spiro atoms. The van der Waals surface area contributed by atoms with Crippen molar-refractivity contribution in [3.63, 3.8) is 0 Å². The zero-order valence-electron chi connectivity index (χ0n) is 7.76. The number of ether oxygens (including phenoxy) is 1. The zero-order valence-corrected chi connectivity index (χ0v) is 7.76. The summed E-state index contributed by atoms with van der Waals surface area (Å²) < 4.78 is 42.7. The van der Waals surface area contributed by atoms with Gasteiger partial charge >= 0.3 is 5.97 Å². The molecule has 0 aliphatic heterocycles. The van der Waals surface area contributed by atoms with Gasteiger partial charge in [0.2, 0.25) is 0 Å². The zero-order chi connectivity index (χ0) is 11.4. The Balaban J connectivity index is 3.05. The minimum atomic E-state index is -1.08. The van der Waals surface area contributed by atoms with Gasteiger partial charge < -0.3 is 4.74 Å². The molecular weight excluding hydrogens is 209 g/mol. The highest BCUT2D eigenvalue weighted by Gasteiger charge is 2.08. The van der Waals surface area contributed by atoms with Crippen LogP contribution in [0, 0.1) is 17.5 Å². The molecule has 1 aromatic carbocycles. The summed E-state index contributed by atoms with van der Waals surface area (Å²) in [5, 5.41) is 0. The van der Waals surface area contributed by atoms with Crippen molar-refractivity contribution in [2.45, 2.75) is 0 Å². The lowest BCUT2D eigenvalue weighted by Gasteiger charge is -1.99. The van der Waals surface area contributed by atoms with Crippen LogP contribution in [0.15, 0.2) is 18.2 Å². The first kappa shape index (κ1) is 11.3. The van der Waals surface area contributed by atoms with Crippen LogP contribution in [0.25, 0.3) is 6.08 Å². The number of rotatable bonds is 2. The van der Waals surface area contributed by atoms with Crippen LogP contribution in [0.2, 0.25) is 0 Å². The normalized spacial score (nSPS) is 10.7. The Bertz CT molecular complexity index is 390. The van der Waals surface area contributed by atoms with Crippen LogP contribution in [-0.4, -0.2) is 13.1 Å². The van der Waals surface area contributed by atoms with Crippen LogP contribution in [0.4, 0.5) is 13.2 Å². The Hall–Kier alpha value is -1.78. The van der Waals surface area contributed by atoms with Crippen molar-refractivity contribution in [1.82, 2.24) is 0 Å². The van der Waals surface area contributed by atoms with Crippen LogP contribution in [0.3, 0.4) is 0 Å². The number of methoxy groups -OCH3 is 1. The Morgan fingerprint density at radius 2 is 1.80 bits per heavy atom. The summed E-state index contributed by atoms with van der Waals surface area (Å²) in [6.45, 7) is 0. The predicted molar refractivity (Wildman–Crippen MR) is 47.4 cm³/mol. The van der Waals surface area contributed by atoms with Gasteiger partial charge in [0.15, 0.2) is 0 Å². The van der Waals surface area contributed by atoms with Crippen molar-refractivity contribution in [1.29, 1.82) is 0 Å². The number of carbonyl (C=O) groups excluding carboxylic acids is 1. The van der Waals surface area contributed by atoms with Crippen molar-refractivity contribution < 1.29 is 22.7 Å². The summed E-state index contributed by atoms with van der Waals surface area (Å²) >= 11 is 0. The molecule has 0 aliphatic rings. The first-order valence-electron chi connectivity index (χ1n) is 3.95. The smallest absolute Gasteiger partial charge is 0.330 e. The van der Waals surface area contributed by atoms with Crippen LogP contribution in [0.1, 0.15) is 5.56 Å². The van der Waals surface area contributed by atoms with Crippen molar-refractivity contribution in [2.24, 2.45) is 0 Å². The SMILES string of the molecule is COC(=O)C=Cc1c(F)cc(F)cc1F. The number of carbonyl (C=O) groups is 1. The topological polar surface area (TPSA) is 26.3 Å². The number of halogens is 3. The number of hydrogen-bond acceptors (Lipinski definition) is 2. The van der Waals surface area contributed by atoms with Crippen LogP contribution >= 0.6 is 0 Å². The van der Waals surface area contributed by atoms with Gasteiger partial charge in [-0.1, -0.05) is 0 Å². The van der Waals surface area contributed by atoms with Crippen molar-refractivity contribution in [3.05, 3.63) is 41.2 Å². The standard InChI is InChI=1S/C10H7F3O2/c1-15-10(14)3-2-7-8(12)4-6(11)5-9(7)13/h2-5H,1H3. The van der Waals surface area contributed by atoms with E-state index in [1.165, 1.54) is 0 Å². The van der Waals surface area contributed by atoms with Gasteiger partial charge in [-0.15, -0.1) is 0 Å². The van der Waals surface area contributed by atoms with E-state index in [4.69, 9.17) is 0 Å². The first-order chi connectivity index (χ1) is 7.04. The summed E-state index contributed by atoms with van der Waals surface area (Å²) in [5.41, 5.74) is -0.484. The molecule has 1 aromatic rings. The molecule has 0 aromatic heterocycles. The van der Waals surface area contributed by atoms with E-state index in [2.05, 4.69) is 4.74 Å². The van der Waals surface area contributed by atoms with E-state index < -0.39 is 29.0 Å². The average molecular weight is 216 g/mol. The van der Waals surface area contributed by atoms with E-state index in [1.807, 2.05) is 0 Å². The quantitative estimate of drug-likeness (QED) is 0.560. The maximum atomic E-state index is 13.0. The molecule has 0 bridgehead atoms. The first-order valence-corrected chi connectivity index (χ1v) is 3.95. The van der Waals surface area contributed by atoms with Crippen molar-refractivity contribution in [3.8, 4) is 0 Å². The lowest BCUT2D eigenvalue weighted by molar-refractivity contribution is -0.134. The molecule has 0 saturated carbocycles. The minimum absolute atomic E-state index is 0.484. The number of hydrogen-bond donors (Lipinski definition) is 0. The van der Waals surface area contributed by atoms with E-state index in [0.29, 0.717) is 12.1 Å². The summed E-state index contributed by atoms with van der Waals surface area (Å²) in [7, 11) is 1.13. The van der Waals surface area contributed by atoms with Crippen molar-refractivity contribution in [2.75, 3.05) is 7.11 Å². The molecule has 80 valence electrons. The molecule has 0 heterocycles. The molecule has 2 nitrogen and oxygen atoms in total. The Morgan fingerprint density at radius 1 is 1.27 bits per heavy atom. The summed E-state index contributed by atoms with van der Waals surface area (Å²) in [6.07, 6.45) is 1.73. The minimum Gasteiger partial charge on any atom is -0.466 e. The highest BCUT2D eigenvalue weighted by Crippen LogP contribution is 2.16. The third-order valence-electron chi connectivity index (χ3n) is 1.63. The summed E-state index contributed by atoms with van der Waals surface area (Å²) in [5.74, 6) is -3.92. The van der Waals surface area contributed by atoms with E-state index in [-0.39, 0.29) is 0 Å². The molecule has 1 rings (SSSR count).